The number of hydrogen-bond acceptors (Lipinski definition) is 19. The number of ketones is 1. The highest BCUT2D eigenvalue weighted by Gasteiger charge is 2.78. The van der Waals surface area contributed by atoms with Crippen LogP contribution in [0.1, 0.15) is 97.2 Å². The van der Waals surface area contributed by atoms with E-state index in [1.807, 2.05) is 0 Å². The number of ether oxygens (including phenoxy) is 5. The Hall–Kier alpha value is -7.99. The molecule has 3 aromatic carbocycles. The average Bonchev–Trinajstić information content (AvgIpc) is 3.83. The molecular formula is C53H57N7O16. The molecule has 0 spiro atoms. The predicted molar refractivity (Wildman–Crippen MR) is 262 cm³/mol. The summed E-state index contributed by atoms with van der Waals surface area (Å²) in [5.41, 5.74) is -2.42. The zero-order valence-electron chi connectivity index (χ0n) is 42.4. The van der Waals surface area contributed by atoms with Crippen molar-refractivity contribution in [1.29, 1.82) is 0 Å². The molecule has 3 heterocycles. The van der Waals surface area contributed by atoms with Crippen LogP contribution in [0.5, 0.6) is 0 Å². The Morgan fingerprint density at radius 3 is 2.04 bits per heavy atom. The Bertz CT molecular complexity index is 3200. The maximum atomic E-state index is 15.5. The van der Waals surface area contributed by atoms with Crippen molar-refractivity contribution in [2.24, 2.45) is 29.5 Å². The quantitative estimate of drug-likeness (QED) is 0.0713. The highest BCUT2D eigenvalue weighted by atomic mass is 16.6. The number of rotatable bonds is 11. The number of esters is 4. The summed E-state index contributed by atoms with van der Waals surface area (Å²) in [7, 11) is 1.44. The second-order valence-corrected chi connectivity index (χ2v) is 20.0. The molecule has 4 aliphatic rings. The topological polar surface area (TPSA) is 329 Å². The molecule has 23 heteroatoms. The fraction of sp³-hybridized carbons (Fsp3) is 0.415. The number of carbonyl (C=O) groups is 7. The monoisotopic (exact) mass is 1050 g/mol. The van der Waals surface area contributed by atoms with Gasteiger partial charge in [-0.05, 0) is 54.8 Å². The molecule has 23 nitrogen and oxygen atoms in total. The van der Waals surface area contributed by atoms with Crippen LogP contribution in [0.3, 0.4) is 0 Å². The third kappa shape index (κ3) is 9.32. The summed E-state index contributed by atoms with van der Waals surface area (Å²) in [6, 6.07) is 22.9. The molecule has 1 aliphatic heterocycles. The fourth-order valence-electron chi connectivity index (χ4n) is 11.2. The number of primary amides is 1. The van der Waals surface area contributed by atoms with Gasteiger partial charge in [0.1, 0.15) is 30.2 Å². The smallest absolute Gasteiger partial charge is 0.352 e. The number of aliphatic hydroxyl groups is 3. The van der Waals surface area contributed by atoms with Gasteiger partial charge in [0.25, 0.3) is 11.8 Å². The van der Waals surface area contributed by atoms with Crippen molar-refractivity contribution in [2.75, 3.05) is 6.61 Å². The first-order chi connectivity index (χ1) is 35.9. The molecule has 2 aromatic heterocycles. The lowest BCUT2D eigenvalue weighted by molar-refractivity contribution is -0.346. The van der Waals surface area contributed by atoms with E-state index in [4.69, 9.17) is 29.4 Å². The third-order valence-corrected chi connectivity index (χ3v) is 15.2. The molecule has 5 aromatic rings. The predicted octanol–water partition coefficient (Wildman–Crippen LogP) is 1.66. The van der Waals surface area contributed by atoms with E-state index in [1.165, 1.54) is 39.4 Å². The number of nitrogens with zero attached hydrogens (tertiary/aromatic N) is 5. The van der Waals surface area contributed by atoms with Crippen molar-refractivity contribution in [3.05, 3.63) is 141 Å². The van der Waals surface area contributed by atoms with Crippen LogP contribution >= 0.6 is 0 Å². The van der Waals surface area contributed by atoms with E-state index in [0.29, 0.717) is 5.56 Å². The van der Waals surface area contributed by atoms with E-state index in [9.17, 15) is 48.9 Å². The van der Waals surface area contributed by atoms with Crippen LogP contribution in [-0.2, 0) is 49.9 Å². The summed E-state index contributed by atoms with van der Waals surface area (Å²) in [5, 5.41) is 47.4. The lowest BCUT2D eigenvalue weighted by atomic mass is 9.44. The van der Waals surface area contributed by atoms with Gasteiger partial charge >= 0.3 is 29.6 Å². The van der Waals surface area contributed by atoms with Crippen molar-refractivity contribution >= 4 is 47.1 Å². The number of benzene rings is 3. The summed E-state index contributed by atoms with van der Waals surface area (Å²) in [6.07, 6.45) is -9.32. The number of imidazole rings is 1. The third-order valence-electron chi connectivity index (χ3n) is 15.2. The zero-order chi connectivity index (χ0) is 55.2. The molecule has 0 unspecified atom stereocenters. The number of aryl methyl sites for hydroxylation is 1. The SMILES string of the molecule is CC(=O)O[C@H]1C(=O)[C@@]2(C)[C@H]([C@H](OC(=O)c3ccccc3)[C@]3(O)C[C@H](OC(=O)[C@H](O)[C@@H](NC(=O)c4ccccc4)c4ccccc4)C(C)=C1C3(C)C)[C@]1(OC(C)=O)CO[C@@H]1C[C@@H]2O.Cn1nnc2c(C(N)=O)ncn2c1=O. The number of aromatic nitrogens is 5. The normalized spacial score (nSPS) is 27.9. The summed E-state index contributed by atoms with van der Waals surface area (Å²) >= 11 is 0. The maximum Gasteiger partial charge on any atom is 0.352 e. The number of hydrogen-bond donors (Lipinski definition) is 5. The van der Waals surface area contributed by atoms with Crippen LogP contribution in [0, 0.1) is 16.7 Å². The molecular weight excluding hydrogens is 991 g/mol. The lowest BCUT2D eigenvalue weighted by Crippen LogP contribution is -2.82. The van der Waals surface area contributed by atoms with E-state index < -0.39 is 124 Å². The molecule has 3 aliphatic carbocycles. The van der Waals surface area contributed by atoms with Crippen molar-refractivity contribution in [1.82, 2.24) is 29.7 Å². The van der Waals surface area contributed by atoms with Crippen LogP contribution in [0.2, 0.25) is 0 Å². The van der Waals surface area contributed by atoms with Gasteiger partial charge in [-0.1, -0.05) is 85.8 Å². The van der Waals surface area contributed by atoms with Gasteiger partial charge in [0, 0.05) is 44.7 Å². The summed E-state index contributed by atoms with van der Waals surface area (Å²) < 4.78 is 32.4. The van der Waals surface area contributed by atoms with Crippen LogP contribution in [0.4, 0.5) is 0 Å². The molecule has 400 valence electrons. The second kappa shape index (κ2) is 20.6. The largest absolute Gasteiger partial charge is 0.456 e. The Balaban J connectivity index is 0.000000470. The molecule has 9 rings (SSSR count). The average molecular weight is 1050 g/mol. The molecule has 2 amide bonds. The Morgan fingerprint density at radius 2 is 1.47 bits per heavy atom. The number of carbonyl (C=O) groups excluding carboxylic acids is 7. The van der Waals surface area contributed by atoms with Crippen LogP contribution in [0.15, 0.2) is 113 Å². The molecule has 11 atom stereocenters. The highest BCUT2D eigenvalue weighted by Crippen LogP contribution is 2.64. The minimum absolute atomic E-state index is 0.00289. The van der Waals surface area contributed by atoms with Gasteiger partial charge in [-0.3, -0.25) is 24.0 Å². The minimum atomic E-state index is -2.39. The molecule has 2 saturated carbocycles. The summed E-state index contributed by atoms with van der Waals surface area (Å²) in [4.78, 5) is 109. The van der Waals surface area contributed by atoms with Crippen molar-refractivity contribution in [3.8, 4) is 0 Å². The van der Waals surface area contributed by atoms with E-state index in [-0.39, 0.29) is 46.6 Å². The van der Waals surface area contributed by atoms with Crippen molar-refractivity contribution in [2.45, 2.75) is 108 Å². The van der Waals surface area contributed by atoms with Crippen LogP contribution in [0.25, 0.3) is 5.65 Å². The summed E-state index contributed by atoms with van der Waals surface area (Å²) in [5.74, 6) is -7.58. The van der Waals surface area contributed by atoms with E-state index >= 15 is 4.79 Å². The lowest BCUT2D eigenvalue weighted by Gasteiger charge is -2.67. The van der Waals surface area contributed by atoms with Gasteiger partial charge in [-0.2, -0.15) is 4.68 Å². The maximum absolute atomic E-state index is 15.5. The molecule has 6 N–H and O–H groups in total. The number of Topliss-reactive ketones (excluding diaryl/α,β-unsaturated/α-hetero) is 1. The number of aliphatic hydroxyl groups excluding tert-OH is 2. The highest BCUT2D eigenvalue weighted by molar-refractivity contribution is 5.97. The number of nitrogens with two attached hydrogens (primary N) is 1. The Labute approximate surface area is 433 Å². The molecule has 3 fully saturated rings. The minimum Gasteiger partial charge on any atom is -0.456 e. The molecule has 0 radical (unpaired) electrons. The first-order valence-electron chi connectivity index (χ1n) is 24.2. The van der Waals surface area contributed by atoms with Crippen LogP contribution in [-0.4, -0.2) is 136 Å². The Morgan fingerprint density at radius 1 is 0.868 bits per heavy atom. The van der Waals surface area contributed by atoms with Gasteiger partial charge in [0.05, 0.1) is 35.6 Å². The second-order valence-electron chi connectivity index (χ2n) is 20.0. The van der Waals surface area contributed by atoms with Gasteiger partial charge in [-0.25, -0.2) is 23.8 Å². The van der Waals surface area contributed by atoms with Gasteiger partial charge in [0.15, 0.2) is 34.9 Å². The number of nitrogens with one attached hydrogen (secondary N) is 1. The van der Waals surface area contributed by atoms with Gasteiger partial charge < -0.3 is 50.1 Å². The van der Waals surface area contributed by atoms with E-state index in [1.54, 1.807) is 92.7 Å². The fourth-order valence-corrected chi connectivity index (χ4v) is 11.2. The van der Waals surface area contributed by atoms with Crippen LogP contribution < -0.4 is 16.7 Å². The molecule has 76 heavy (non-hydrogen) atoms. The molecule has 1 saturated heterocycles. The summed E-state index contributed by atoms with van der Waals surface area (Å²) in [6.45, 7) is 7.97. The first kappa shape index (κ1) is 54.3. The standard InChI is InChI=1S/C47H51NO14.C6H6N6O2/c1-25-31(60-43(56)36(52)35(28-16-10-7-11-17-28)48-41(54)29-18-12-8-13-19-29)23-47(57)40(61-42(55)30-20-14-9-15-21-30)38-45(6,32(51)22-33-46(38,24-58-33)62-27(3)50)39(53)37(59-26(2)49)34(25)44(47,4)5;1-11-6(14)12-2-8-3(4(7)13)5(12)9-10-11/h7-21,31-33,35-38,40,51-52,57H,22-24H2,1-6H3,(H,48,54);2H,1H3,(H2,7,13)/t31-,32-,33+,35-,36+,37+,38-,40-,45+,46-,47+;/m0./s1. The first-order valence-corrected chi connectivity index (χ1v) is 24.2. The zero-order valence-corrected chi connectivity index (χ0v) is 42.4. The number of amides is 2. The Kier molecular flexibility index (Phi) is 14.7. The van der Waals surface area contributed by atoms with E-state index in [2.05, 4.69) is 20.6 Å². The van der Waals surface area contributed by atoms with Gasteiger partial charge in [0.2, 0.25) is 0 Å². The van der Waals surface area contributed by atoms with E-state index in [0.717, 1.165) is 22.9 Å². The van der Waals surface area contributed by atoms with Gasteiger partial charge in [-0.15, -0.1) is 5.10 Å². The molecule has 2 bridgehead atoms. The van der Waals surface area contributed by atoms with Crippen molar-refractivity contribution < 1.29 is 72.6 Å². The number of fused-ring (bicyclic) bond motifs is 6. The van der Waals surface area contributed by atoms with Crippen molar-refractivity contribution in [3.63, 3.8) is 0 Å².